The van der Waals surface area contributed by atoms with Gasteiger partial charge in [-0.25, -0.2) is 4.98 Å². The van der Waals surface area contributed by atoms with Crippen LogP contribution in [0.15, 0.2) is 5.38 Å². The van der Waals surface area contributed by atoms with E-state index in [1.54, 1.807) is 11.3 Å². The van der Waals surface area contributed by atoms with E-state index in [1.807, 2.05) is 7.05 Å². The SMILES string of the molecule is CNc1nc(CN2CCC[C@@H](N3CCCC3=O)C2)cs1. The van der Waals surface area contributed by atoms with Gasteiger partial charge in [0.15, 0.2) is 5.13 Å². The second-order valence-electron chi connectivity index (χ2n) is 5.62. The molecule has 2 fully saturated rings. The summed E-state index contributed by atoms with van der Waals surface area (Å²) in [5, 5.41) is 6.18. The van der Waals surface area contributed by atoms with Gasteiger partial charge >= 0.3 is 0 Å². The zero-order valence-corrected chi connectivity index (χ0v) is 12.8. The smallest absolute Gasteiger partial charge is 0.222 e. The quantitative estimate of drug-likeness (QED) is 0.919. The Hall–Kier alpha value is -1.14. The van der Waals surface area contributed by atoms with Gasteiger partial charge in [0, 0.05) is 44.5 Å². The van der Waals surface area contributed by atoms with E-state index in [1.165, 1.54) is 6.42 Å². The van der Waals surface area contributed by atoms with Crippen LogP contribution in [-0.2, 0) is 11.3 Å². The Kier molecular flexibility index (Phi) is 4.21. The molecule has 0 spiro atoms. The van der Waals surface area contributed by atoms with Crippen molar-refractivity contribution in [3.8, 4) is 0 Å². The van der Waals surface area contributed by atoms with Crippen molar-refractivity contribution < 1.29 is 4.79 Å². The number of piperidine rings is 1. The van der Waals surface area contributed by atoms with Crippen molar-refractivity contribution in [1.29, 1.82) is 0 Å². The summed E-state index contributed by atoms with van der Waals surface area (Å²) in [6.07, 6.45) is 4.11. The number of hydrogen-bond donors (Lipinski definition) is 1. The van der Waals surface area contributed by atoms with Gasteiger partial charge in [-0.15, -0.1) is 11.3 Å². The third-order valence-corrected chi connectivity index (χ3v) is 5.09. The van der Waals surface area contributed by atoms with Crippen LogP contribution in [0.25, 0.3) is 0 Å². The summed E-state index contributed by atoms with van der Waals surface area (Å²) < 4.78 is 0. The van der Waals surface area contributed by atoms with Crippen LogP contribution >= 0.6 is 11.3 Å². The molecule has 5 nitrogen and oxygen atoms in total. The van der Waals surface area contributed by atoms with Crippen molar-refractivity contribution in [1.82, 2.24) is 14.8 Å². The molecule has 0 bridgehead atoms. The fourth-order valence-corrected chi connectivity index (χ4v) is 3.87. The zero-order chi connectivity index (χ0) is 13.9. The molecular weight excluding hydrogens is 272 g/mol. The lowest BCUT2D eigenvalue weighted by Gasteiger charge is -2.37. The van der Waals surface area contributed by atoms with Crippen LogP contribution in [-0.4, -0.2) is 53.4 Å². The monoisotopic (exact) mass is 294 g/mol. The Morgan fingerprint density at radius 1 is 1.45 bits per heavy atom. The highest BCUT2D eigenvalue weighted by Gasteiger charge is 2.31. The Bertz CT molecular complexity index is 475. The average Bonchev–Trinajstić information content (AvgIpc) is 3.08. The summed E-state index contributed by atoms with van der Waals surface area (Å²) in [6.45, 7) is 3.97. The normalized spacial score (nSPS) is 24.4. The highest BCUT2D eigenvalue weighted by Crippen LogP contribution is 2.23. The summed E-state index contributed by atoms with van der Waals surface area (Å²) in [5.74, 6) is 0.350. The van der Waals surface area contributed by atoms with Gasteiger partial charge in [-0.2, -0.15) is 0 Å². The van der Waals surface area contributed by atoms with Crippen molar-refractivity contribution in [3.63, 3.8) is 0 Å². The topological polar surface area (TPSA) is 48.5 Å². The predicted octanol–water partition coefficient (Wildman–Crippen LogP) is 1.77. The van der Waals surface area contributed by atoms with E-state index in [0.717, 1.165) is 56.3 Å². The fraction of sp³-hybridized carbons (Fsp3) is 0.714. The van der Waals surface area contributed by atoms with E-state index >= 15 is 0 Å². The number of hydrogen-bond acceptors (Lipinski definition) is 5. The molecule has 0 radical (unpaired) electrons. The average molecular weight is 294 g/mol. The molecule has 3 heterocycles. The molecule has 2 saturated heterocycles. The van der Waals surface area contributed by atoms with Crippen molar-refractivity contribution in [2.75, 3.05) is 32.0 Å². The van der Waals surface area contributed by atoms with E-state index in [4.69, 9.17) is 0 Å². The maximum absolute atomic E-state index is 11.9. The Labute approximate surface area is 124 Å². The summed E-state index contributed by atoms with van der Waals surface area (Å²) in [4.78, 5) is 21.0. The number of amides is 1. The first-order valence-electron chi connectivity index (χ1n) is 7.40. The summed E-state index contributed by atoms with van der Waals surface area (Å²) in [7, 11) is 1.90. The van der Waals surface area contributed by atoms with Gasteiger partial charge in [0.1, 0.15) is 0 Å². The first kappa shape index (κ1) is 13.8. The maximum Gasteiger partial charge on any atom is 0.222 e. The maximum atomic E-state index is 11.9. The van der Waals surface area contributed by atoms with Crippen molar-refractivity contribution in [3.05, 3.63) is 11.1 Å². The Morgan fingerprint density at radius 3 is 3.05 bits per heavy atom. The molecular formula is C14H22N4OS. The minimum Gasteiger partial charge on any atom is -0.365 e. The van der Waals surface area contributed by atoms with Crippen LogP contribution in [0.4, 0.5) is 5.13 Å². The van der Waals surface area contributed by atoms with Crippen LogP contribution < -0.4 is 5.32 Å². The van der Waals surface area contributed by atoms with Crippen LogP contribution in [0.1, 0.15) is 31.4 Å². The van der Waals surface area contributed by atoms with Crippen LogP contribution in [0.5, 0.6) is 0 Å². The van der Waals surface area contributed by atoms with E-state index in [-0.39, 0.29) is 0 Å². The lowest BCUT2D eigenvalue weighted by Crippen LogP contribution is -2.48. The third-order valence-electron chi connectivity index (χ3n) is 4.18. The highest BCUT2D eigenvalue weighted by molar-refractivity contribution is 7.13. The fourth-order valence-electron chi connectivity index (χ4n) is 3.21. The summed E-state index contributed by atoms with van der Waals surface area (Å²) in [5.41, 5.74) is 1.13. The van der Waals surface area contributed by atoms with E-state index in [2.05, 4.69) is 25.5 Å². The molecule has 2 aliphatic rings. The molecule has 0 aromatic carbocycles. The number of carbonyl (C=O) groups is 1. The molecule has 6 heteroatoms. The van der Waals surface area contributed by atoms with Crippen LogP contribution in [0.2, 0.25) is 0 Å². The first-order valence-corrected chi connectivity index (χ1v) is 8.28. The number of nitrogens with zero attached hydrogens (tertiary/aromatic N) is 3. The summed E-state index contributed by atoms with van der Waals surface area (Å²) >= 11 is 1.65. The Balaban J connectivity index is 1.58. The number of carbonyl (C=O) groups excluding carboxylic acids is 1. The largest absolute Gasteiger partial charge is 0.365 e. The minimum atomic E-state index is 0.350. The van der Waals surface area contributed by atoms with Crippen molar-refractivity contribution in [2.24, 2.45) is 0 Å². The van der Waals surface area contributed by atoms with E-state index in [9.17, 15) is 4.79 Å². The van der Waals surface area contributed by atoms with Gasteiger partial charge in [-0.1, -0.05) is 0 Å². The zero-order valence-electron chi connectivity index (χ0n) is 12.0. The third kappa shape index (κ3) is 2.96. The number of likely N-dealkylation sites (tertiary alicyclic amines) is 2. The number of nitrogens with one attached hydrogen (secondary N) is 1. The molecule has 1 N–H and O–H groups in total. The van der Waals surface area contributed by atoms with E-state index in [0.29, 0.717) is 11.9 Å². The molecule has 1 amide bonds. The number of rotatable bonds is 4. The number of anilines is 1. The molecule has 0 aliphatic carbocycles. The van der Waals surface area contributed by atoms with E-state index < -0.39 is 0 Å². The van der Waals surface area contributed by atoms with Gasteiger partial charge in [0.05, 0.1) is 5.69 Å². The molecule has 0 unspecified atom stereocenters. The van der Waals surface area contributed by atoms with Crippen molar-refractivity contribution in [2.45, 2.75) is 38.3 Å². The van der Waals surface area contributed by atoms with Crippen LogP contribution in [0, 0.1) is 0 Å². The van der Waals surface area contributed by atoms with Gasteiger partial charge in [-0.05, 0) is 25.8 Å². The lowest BCUT2D eigenvalue weighted by atomic mass is 10.0. The lowest BCUT2D eigenvalue weighted by molar-refractivity contribution is -0.130. The number of aromatic nitrogens is 1. The van der Waals surface area contributed by atoms with Gasteiger partial charge in [-0.3, -0.25) is 9.69 Å². The molecule has 1 aromatic heterocycles. The standard InChI is InChI=1S/C14H22N4OS/c1-15-14-16-11(10-20-14)8-17-6-2-4-12(9-17)18-7-3-5-13(18)19/h10,12H,2-9H2,1H3,(H,15,16)/t12-/m1/s1. The molecule has 1 aromatic rings. The first-order chi connectivity index (χ1) is 9.76. The van der Waals surface area contributed by atoms with Gasteiger partial charge < -0.3 is 10.2 Å². The predicted molar refractivity (Wildman–Crippen MR) is 80.9 cm³/mol. The molecule has 110 valence electrons. The van der Waals surface area contributed by atoms with Gasteiger partial charge in [0.25, 0.3) is 0 Å². The summed E-state index contributed by atoms with van der Waals surface area (Å²) in [6, 6.07) is 0.418. The molecule has 20 heavy (non-hydrogen) atoms. The second-order valence-corrected chi connectivity index (χ2v) is 6.47. The second kappa shape index (κ2) is 6.10. The molecule has 3 rings (SSSR count). The molecule has 2 aliphatic heterocycles. The highest BCUT2D eigenvalue weighted by atomic mass is 32.1. The van der Waals surface area contributed by atoms with Gasteiger partial charge in [0.2, 0.25) is 5.91 Å². The van der Waals surface area contributed by atoms with Crippen LogP contribution in [0.3, 0.4) is 0 Å². The molecule has 1 atom stereocenters. The minimum absolute atomic E-state index is 0.350. The molecule has 0 saturated carbocycles. The number of thiazole rings is 1. The Morgan fingerprint density at radius 2 is 2.35 bits per heavy atom. The van der Waals surface area contributed by atoms with Crippen molar-refractivity contribution >= 4 is 22.4 Å².